The molecule has 1 amide bonds. The third-order valence-electron chi connectivity index (χ3n) is 7.78. The SMILES string of the molecule is C=CC(=O)N1CC2(CCN(c3nc4c(c(-c5c(F)ccc6[nH]ncc56)c3C#N)COC(C)(C)C4)C2)C1. The van der Waals surface area contributed by atoms with Crippen LogP contribution in [0.25, 0.3) is 22.0 Å². The van der Waals surface area contributed by atoms with Crippen molar-refractivity contribution in [3.63, 3.8) is 0 Å². The molecule has 3 aromatic rings. The molecule has 2 fully saturated rings. The zero-order valence-corrected chi connectivity index (χ0v) is 20.4. The quantitative estimate of drug-likeness (QED) is 0.567. The maximum absolute atomic E-state index is 15.5. The van der Waals surface area contributed by atoms with Gasteiger partial charge in [-0.15, -0.1) is 0 Å². The number of nitrogens with one attached hydrogen (secondary N) is 1. The molecule has 9 heteroatoms. The fourth-order valence-electron chi connectivity index (χ4n) is 5.96. The van der Waals surface area contributed by atoms with Gasteiger partial charge in [0.1, 0.15) is 23.3 Å². The van der Waals surface area contributed by atoms with E-state index in [2.05, 4.69) is 27.7 Å². The minimum Gasteiger partial charge on any atom is -0.370 e. The molecule has 184 valence electrons. The van der Waals surface area contributed by atoms with Crippen LogP contribution in [0.15, 0.2) is 31.0 Å². The smallest absolute Gasteiger partial charge is 0.245 e. The van der Waals surface area contributed by atoms with Crippen LogP contribution in [0, 0.1) is 22.6 Å². The minimum absolute atomic E-state index is 0.0264. The number of aromatic nitrogens is 3. The summed E-state index contributed by atoms with van der Waals surface area (Å²) in [6, 6.07) is 5.41. The van der Waals surface area contributed by atoms with Gasteiger partial charge in [0.25, 0.3) is 0 Å². The van der Waals surface area contributed by atoms with E-state index in [0.29, 0.717) is 66.0 Å². The molecule has 1 aromatic carbocycles. The van der Waals surface area contributed by atoms with E-state index in [4.69, 9.17) is 9.72 Å². The number of rotatable bonds is 3. The average molecular weight is 487 g/mol. The molecule has 0 unspecified atom stereocenters. The summed E-state index contributed by atoms with van der Waals surface area (Å²) in [5.41, 5.74) is 3.06. The highest BCUT2D eigenvalue weighted by Crippen LogP contribution is 2.46. The van der Waals surface area contributed by atoms with E-state index in [-0.39, 0.29) is 17.9 Å². The molecule has 1 N–H and O–H groups in total. The summed E-state index contributed by atoms with van der Waals surface area (Å²) >= 11 is 0. The molecule has 1 spiro atoms. The number of aromatic amines is 1. The molecule has 0 atom stereocenters. The Balaban J connectivity index is 1.50. The van der Waals surface area contributed by atoms with Gasteiger partial charge in [-0.1, -0.05) is 6.58 Å². The number of nitrogens with zero attached hydrogens (tertiary/aromatic N) is 5. The van der Waals surface area contributed by atoms with E-state index in [1.165, 1.54) is 12.1 Å². The Bertz CT molecular complexity index is 1460. The number of anilines is 1. The van der Waals surface area contributed by atoms with Gasteiger partial charge >= 0.3 is 0 Å². The molecule has 0 radical (unpaired) electrons. The molecule has 5 heterocycles. The lowest BCUT2D eigenvalue weighted by molar-refractivity contribution is -0.136. The lowest BCUT2D eigenvalue weighted by Gasteiger charge is -2.47. The maximum atomic E-state index is 15.5. The van der Waals surface area contributed by atoms with Crippen LogP contribution in [0.4, 0.5) is 10.2 Å². The molecule has 0 saturated carbocycles. The molecular formula is C27H27FN6O2. The van der Waals surface area contributed by atoms with E-state index in [1.807, 2.05) is 13.8 Å². The zero-order chi connectivity index (χ0) is 25.2. The number of ether oxygens (including phenoxy) is 1. The van der Waals surface area contributed by atoms with E-state index < -0.39 is 11.4 Å². The number of carbonyl (C=O) groups is 1. The Morgan fingerprint density at radius 3 is 2.86 bits per heavy atom. The van der Waals surface area contributed by atoms with Gasteiger partial charge in [-0.05, 0) is 38.5 Å². The van der Waals surface area contributed by atoms with Crippen LogP contribution in [0.5, 0.6) is 0 Å². The molecule has 8 nitrogen and oxygen atoms in total. The molecule has 0 bridgehead atoms. The fourth-order valence-corrected chi connectivity index (χ4v) is 5.96. The summed E-state index contributed by atoms with van der Waals surface area (Å²) in [7, 11) is 0. The number of likely N-dealkylation sites (tertiary alicyclic amines) is 1. The topological polar surface area (TPSA) is 98.1 Å². The van der Waals surface area contributed by atoms with E-state index in [0.717, 1.165) is 17.7 Å². The summed E-state index contributed by atoms with van der Waals surface area (Å²) in [5.74, 6) is 0.103. The van der Waals surface area contributed by atoms with Gasteiger partial charge in [0, 0.05) is 60.1 Å². The second-order valence-corrected chi connectivity index (χ2v) is 10.8. The molecule has 36 heavy (non-hydrogen) atoms. The van der Waals surface area contributed by atoms with Crippen LogP contribution in [-0.2, 0) is 22.6 Å². The lowest BCUT2D eigenvalue weighted by Crippen LogP contribution is -2.59. The molecule has 6 rings (SSSR count). The third-order valence-corrected chi connectivity index (χ3v) is 7.78. The predicted molar refractivity (Wildman–Crippen MR) is 133 cm³/mol. The van der Waals surface area contributed by atoms with Gasteiger partial charge in [0.05, 0.1) is 29.6 Å². The van der Waals surface area contributed by atoms with Crippen LogP contribution in [0.1, 0.15) is 37.1 Å². The van der Waals surface area contributed by atoms with Gasteiger partial charge in [0.15, 0.2) is 0 Å². The number of hydrogen-bond donors (Lipinski definition) is 1. The van der Waals surface area contributed by atoms with Crippen LogP contribution in [0.2, 0.25) is 0 Å². The summed E-state index contributed by atoms with van der Waals surface area (Å²) in [6.07, 6.45) is 4.39. The Hall–Kier alpha value is -3.77. The van der Waals surface area contributed by atoms with Crippen molar-refractivity contribution in [2.75, 3.05) is 31.1 Å². The first-order chi connectivity index (χ1) is 17.2. The predicted octanol–water partition coefficient (Wildman–Crippen LogP) is 3.71. The van der Waals surface area contributed by atoms with Crippen molar-refractivity contribution in [2.45, 2.75) is 38.9 Å². The standard InChI is InChI=1S/C27H27FN6O2/c1-4-22(35)34-14-27(15-34)7-8-33(13-27)25-16(10-29)23(18-12-36-26(2,3)9-21(18)31-25)24-17-11-30-32-20(17)6-5-19(24)28/h4-6,11H,1,7-9,12-15H2,2-3H3,(H,30,32). The van der Waals surface area contributed by atoms with Crippen LogP contribution >= 0.6 is 0 Å². The summed E-state index contributed by atoms with van der Waals surface area (Å²) in [4.78, 5) is 21.0. The number of amides is 1. The van der Waals surface area contributed by atoms with Crippen molar-refractivity contribution in [2.24, 2.45) is 5.41 Å². The Labute approximate surface area is 208 Å². The Morgan fingerprint density at radius 1 is 1.31 bits per heavy atom. The molecule has 3 aliphatic rings. The molecule has 0 aliphatic carbocycles. The fraction of sp³-hybridized carbons (Fsp3) is 0.407. The average Bonchev–Trinajstić information content (AvgIpc) is 3.48. The highest BCUT2D eigenvalue weighted by Gasteiger charge is 2.49. The van der Waals surface area contributed by atoms with Crippen molar-refractivity contribution in [3.8, 4) is 17.2 Å². The van der Waals surface area contributed by atoms with Crippen LogP contribution in [-0.4, -0.2) is 57.8 Å². The first-order valence-corrected chi connectivity index (χ1v) is 12.1. The maximum Gasteiger partial charge on any atom is 0.245 e. The minimum atomic E-state index is -0.422. The van der Waals surface area contributed by atoms with Gasteiger partial charge in [-0.25, -0.2) is 9.37 Å². The number of halogens is 1. The van der Waals surface area contributed by atoms with Crippen molar-refractivity contribution in [1.82, 2.24) is 20.1 Å². The number of fused-ring (bicyclic) bond motifs is 2. The first kappa shape index (κ1) is 22.7. The number of hydrogen-bond acceptors (Lipinski definition) is 6. The van der Waals surface area contributed by atoms with E-state index >= 15 is 4.39 Å². The van der Waals surface area contributed by atoms with Crippen molar-refractivity contribution in [3.05, 3.63) is 53.6 Å². The molecule has 2 aromatic heterocycles. The monoisotopic (exact) mass is 486 g/mol. The van der Waals surface area contributed by atoms with Crippen molar-refractivity contribution < 1.29 is 13.9 Å². The highest BCUT2D eigenvalue weighted by atomic mass is 19.1. The van der Waals surface area contributed by atoms with Crippen LogP contribution in [0.3, 0.4) is 0 Å². The molecule has 2 saturated heterocycles. The lowest BCUT2D eigenvalue weighted by atomic mass is 9.79. The normalized spacial score (nSPS) is 19.7. The summed E-state index contributed by atoms with van der Waals surface area (Å²) in [6.45, 7) is 10.6. The number of benzene rings is 1. The number of pyridine rings is 1. The number of H-pyrrole nitrogens is 1. The number of carbonyl (C=O) groups excluding carboxylic acids is 1. The van der Waals surface area contributed by atoms with E-state index in [9.17, 15) is 10.1 Å². The van der Waals surface area contributed by atoms with Gasteiger partial charge in [-0.2, -0.15) is 10.4 Å². The molecular weight excluding hydrogens is 459 g/mol. The third kappa shape index (κ3) is 3.39. The van der Waals surface area contributed by atoms with Crippen LogP contribution < -0.4 is 4.90 Å². The second kappa shape index (κ2) is 7.87. The highest BCUT2D eigenvalue weighted by molar-refractivity contribution is 5.98. The Kier molecular flexibility index (Phi) is 4.96. The van der Waals surface area contributed by atoms with Gasteiger partial charge in [-0.3, -0.25) is 9.89 Å². The van der Waals surface area contributed by atoms with Gasteiger partial charge < -0.3 is 14.5 Å². The summed E-state index contributed by atoms with van der Waals surface area (Å²) in [5, 5.41) is 18.1. The summed E-state index contributed by atoms with van der Waals surface area (Å²) < 4.78 is 21.6. The molecule has 3 aliphatic heterocycles. The zero-order valence-electron chi connectivity index (χ0n) is 20.4. The van der Waals surface area contributed by atoms with Crippen molar-refractivity contribution >= 4 is 22.6 Å². The van der Waals surface area contributed by atoms with Crippen molar-refractivity contribution in [1.29, 1.82) is 5.26 Å². The second-order valence-electron chi connectivity index (χ2n) is 10.8. The van der Waals surface area contributed by atoms with Gasteiger partial charge in [0.2, 0.25) is 5.91 Å². The first-order valence-electron chi connectivity index (χ1n) is 12.1. The number of nitriles is 1. The largest absolute Gasteiger partial charge is 0.370 e. The Morgan fingerprint density at radius 2 is 2.11 bits per heavy atom. The van der Waals surface area contributed by atoms with E-state index in [1.54, 1.807) is 17.2 Å².